The van der Waals surface area contributed by atoms with Crippen molar-refractivity contribution in [2.24, 2.45) is 0 Å². The summed E-state index contributed by atoms with van der Waals surface area (Å²) in [6.45, 7) is 1.95. The summed E-state index contributed by atoms with van der Waals surface area (Å²) in [4.78, 5) is 17.1. The van der Waals surface area contributed by atoms with Crippen molar-refractivity contribution >= 4 is 17.7 Å². The van der Waals surface area contributed by atoms with Gasteiger partial charge in [-0.05, 0) is 62.3 Å². The van der Waals surface area contributed by atoms with Crippen LogP contribution in [0.1, 0.15) is 55.8 Å². The Bertz CT molecular complexity index is 1050. The average Bonchev–Trinajstić information content (AvgIpc) is 3.54. The maximum atomic E-state index is 13.0. The zero-order valence-corrected chi connectivity index (χ0v) is 17.8. The molecule has 2 unspecified atom stereocenters. The molecule has 6 nitrogen and oxygen atoms in total. The van der Waals surface area contributed by atoms with Gasteiger partial charge in [-0.2, -0.15) is 0 Å². The molecule has 1 aromatic carbocycles. The maximum Gasteiger partial charge on any atom is 0.233 e. The van der Waals surface area contributed by atoms with Gasteiger partial charge >= 0.3 is 0 Å². The molecule has 0 saturated heterocycles. The van der Waals surface area contributed by atoms with Crippen LogP contribution < -0.4 is 5.32 Å². The fourth-order valence-electron chi connectivity index (χ4n) is 4.12. The molecule has 0 bridgehead atoms. The van der Waals surface area contributed by atoms with E-state index in [1.54, 1.807) is 12.4 Å². The number of benzene rings is 1. The fourth-order valence-corrected chi connectivity index (χ4v) is 5.05. The summed E-state index contributed by atoms with van der Waals surface area (Å²) in [7, 11) is 0. The Morgan fingerprint density at radius 1 is 1.13 bits per heavy atom. The van der Waals surface area contributed by atoms with Gasteiger partial charge < -0.3 is 5.32 Å². The van der Waals surface area contributed by atoms with Gasteiger partial charge in [0.2, 0.25) is 5.91 Å². The molecular weight excluding hydrogens is 394 g/mol. The first-order chi connectivity index (χ1) is 14.7. The summed E-state index contributed by atoms with van der Waals surface area (Å²) in [6, 6.07) is 12.9. The minimum atomic E-state index is -0.244. The molecule has 2 atom stereocenters. The molecule has 2 heterocycles. The molecule has 1 amide bonds. The Hall–Kier alpha value is -2.67. The second-order valence-electron chi connectivity index (χ2n) is 8.06. The van der Waals surface area contributed by atoms with Gasteiger partial charge in [0, 0.05) is 24.0 Å². The van der Waals surface area contributed by atoms with Crippen molar-refractivity contribution in [1.29, 1.82) is 0 Å². The number of carbonyl (C=O) groups excluding carboxylic acids is 1. The van der Waals surface area contributed by atoms with Crippen LogP contribution in [-0.2, 0) is 11.2 Å². The van der Waals surface area contributed by atoms with Crippen LogP contribution in [0, 0.1) is 0 Å². The molecule has 1 fully saturated rings. The van der Waals surface area contributed by atoms with Crippen molar-refractivity contribution in [3.05, 3.63) is 59.9 Å². The smallest absolute Gasteiger partial charge is 0.233 e. The third-order valence-corrected chi connectivity index (χ3v) is 6.91. The van der Waals surface area contributed by atoms with Crippen molar-refractivity contribution in [2.75, 3.05) is 0 Å². The van der Waals surface area contributed by atoms with E-state index < -0.39 is 0 Å². The predicted octanol–water partition coefficient (Wildman–Crippen LogP) is 4.35. The van der Waals surface area contributed by atoms with Gasteiger partial charge in [-0.25, -0.2) is 0 Å². The third-order valence-electron chi connectivity index (χ3n) is 5.85. The number of hydrogen-bond acceptors (Lipinski definition) is 5. The number of carbonyl (C=O) groups is 1. The van der Waals surface area contributed by atoms with Crippen LogP contribution >= 0.6 is 11.8 Å². The van der Waals surface area contributed by atoms with Crippen molar-refractivity contribution in [3.63, 3.8) is 0 Å². The third kappa shape index (κ3) is 3.86. The van der Waals surface area contributed by atoms with Gasteiger partial charge in [-0.15, -0.1) is 10.2 Å². The van der Waals surface area contributed by atoms with E-state index in [4.69, 9.17) is 0 Å². The topological polar surface area (TPSA) is 72.7 Å². The monoisotopic (exact) mass is 419 g/mol. The molecule has 3 aromatic rings. The lowest BCUT2D eigenvalue weighted by molar-refractivity contribution is -0.121. The van der Waals surface area contributed by atoms with Gasteiger partial charge in [-0.3, -0.25) is 14.3 Å². The summed E-state index contributed by atoms with van der Waals surface area (Å²) in [5.74, 6) is 0.911. The van der Waals surface area contributed by atoms with Crippen molar-refractivity contribution in [1.82, 2.24) is 25.1 Å². The Balaban J connectivity index is 1.32. The Morgan fingerprint density at radius 2 is 1.93 bits per heavy atom. The van der Waals surface area contributed by atoms with E-state index in [1.807, 2.05) is 19.1 Å². The Morgan fingerprint density at radius 3 is 2.73 bits per heavy atom. The van der Waals surface area contributed by atoms with Gasteiger partial charge in [0.15, 0.2) is 11.0 Å². The SMILES string of the molecule is CC(Sc1nnc(-c2ccncc2)n1C1CC1)C(=O)NC1CCCc2ccccc21. The molecule has 2 aromatic heterocycles. The van der Waals surface area contributed by atoms with Gasteiger partial charge in [0.1, 0.15) is 0 Å². The predicted molar refractivity (Wildman–Crippen MR) is 117 cm³/mol. The highest BCUT2D eigenvalue weighted by atomic mass is 32.2. The molecule has 0 spiro atoms. The summed E-state index contributed by atoms with van der Waals surface area (Å²) in [6.07, 6.45) is 8.99. The molecule has 154 valence electrons. The summed E-state index contributed by atoms with van der Waals surface area (Å²) >= 11 is 1.49. The lowest BCUT2D eigenvalue weighted by Gasteiger charge is -2.27. The molecule has 5 rings (SSSR count). The van der Waals surface area contributed by atoms with Crippen LogP contribution in [0.2, 0.25) is 0 Å². The number of nitrogens with one attached hydrogen (secondary N) is 1. The Labute approximate surface area is 180 Å². The van der Waals surface area contributed by atoms with E-state index in [1.165, 1.54) is 22.9 Å². The lowest BCUT2D eigenvalue weighted by atomic mass is 9.88. The molecular formula is C23H25N5OS. The molecule has 7 heteroatoms. The van der Waals surface area contributed by atoms with Crippen LogP contribution in [0.5, 0.6) is 0 Å². The highest BCUT2D eigenvalue weighted by Gasteiger charge is 2.32. The molecule has 30 heavy (non-hydrogen) atoms. The standard InChI is InChI=1S/C23H25N5OS/c1-15(22(29)25-20-8-4-6-16-5-2-3-7-19(16)20)30-23-27-26-21(28(23)18-9-10-18)17-11-13-24-14-12-17/h2-3,5,7,11-15,18,20H,4,6,8-10H2,1H3,(H,25,29). The van der Waals surface area contributed by atoms with Crippen LogP contribution in [0.15, 0.2) is 53.9 Å². The van der Waals surface area contributed by atoms with Gasteiger partial charge in [0.05, 0.1) is 11.3 Å². The number of amides is 1. The minimum absolute atomic E-state index is 0.0533. The average molecular weight is 420 g/mol. The largest absolute Gasteiger partial charge is 0.348 e. The quantitative estimate of drug-likeness (QED) is 0.602. The highest BCUT2D eigenvalue weighted by Crippen LogP contribution is 2.41. The number of pyridine rings is 1. The van der Waals surface area contributed by atoms with Crippen molar-refractivity contribution < 1.29 is 4.79 Å². The van der Waals surface area contributed by atoms with Gasteiger partial charge in [0.25, 0.3) is 0 Å². The van der Waals surface area contributed by atoms with Crippen LogP contribution in [0.3, 0.4) is 0 Å². The first-order valence-electron chi connectivity index (χ1n) is 10.6. The molecule has 0 aliphatic heterocycles. The van der Waals surface area contributed by atoms with Crippen LogP contribution in [0.25, 0.3) is 11.4 Å². The van der Waals surface area contributed by atoms with E-state index >= 15 is 0 Å². The van der Waals surface area contributed by atoms with Crippen molar-refractivity contribution in [2.45, 2.75) is 61.5 Å². The van der Waals surface area contributed by atoms with Crippen LogP contribution in [0.4, 0.5) is 0 Å². The van der Waals surface area contributed by atoms with Crippen molar-refractivity contribution in [3.8, 4) is 11.4 Å². The van der Waals surface area contributed by atoms with E-state index in [9.17, 15) is 4.79 Å². The molecule has 1 saturated carbocycles. The Kier molecular flexibility index (Phi) is 5.29. The summed E-state index contributed by atoms with van der Waals surface area (Å²) in [5, 5.41) is 12.7. The number of nitrogens with zero attached hydrogens (tertiary/aromatic N) is 4. The molecule has 2 aliphatic rings. The normalized spacial score (nSPS) is 19.2. The number of thioether (sulfide) groups is 1. The number of rotatable bonds is 6. The summed E-state index contributed by atoms with van der Waals surface area (Å²) in [5.41, 5.74) is 3.62. The number of aryl methyl sites for hydroxylation is 1. The first kappa shape index (κ1) is 19.3. The van der Waals surface area contributed by atoms with Gasteiger partial charge in [-0.1, -0.05) is 36.0 Å². The molecule has 2 aliphatic carbocycles. The zero-order valence-electron chi connectivity index (χ0n) is 17.0. The van der Waals surface area contributed by atoms with Crippen LogP contribution in [-0.4, -0.2) is 30.9 Å². The fraction of sp³-hybridized carbons (Fsp3) is 0.391. The maximum absolute atomic E-state index is 13.0. The number of fused-ring (bicyclic) bond motifs is 1. The van der Waals surface area contributed by atoms with E-state index in [0.717, 1.165) is 48.6 Å². The molecule has 0 radical (unpaired) electrons. The van der Waals surface area contributed by atoms with E-state index in [2.05, 4.69) is 49.3 Å². The highest BCUT2D eigenvalue weighted by molar-refractivity contribution is 8.00. The zero-order chi connectivity index (χ0) is 20.5. The summed E-state index contributed by atoms with van der Waals surface area (Å²) < 4.78 is 2.19. The number of aromatic nitrogens is 4. The van der Waals surface area contributed by atoms with E-state index in [0.29, 0.717) is 6.04 Å². The van der Waals surface area contributed by atoms with E-state index in [-0.39, 0.29) is 17.2 Å². The molecule has 1 N–H and O–H groups in total. The first-order valence-corrected chi connectivity index (χ1v) is 11.5. The second kappa shape index (κ2) is 8.22. The number of hydrogen-bond donors (Lipinski definition) is 1. The minimum Gasteiger partial charge on any atom is -0.348 e. The lowest BCUT2D eigenvalue weighted by Crippen LogP contribution is -2.36. The second-order valence-corrected chi connectivity index (χ2v) is 9.36.